The van der Waals surface area contributed by atoms with Gasteiger partial charge in [0, 0.05) is 6.54 Å². The largest absolute Gasteiger partial charge is 0.450 e. The van der Waals surface area contributed by atoms with Crippen molar-refractivity contribution in [3.05, 3.63) is 0 Å². The van der Waals surface area contributed by atoms with E-state index in [-0.39, 0.29) is 6.54 Å². The lowest BCUT2D eigenvalue weighted by Gasteiger charge is -2.08. The van der Waals surface area contributed by atoms with Crippen molar-refractivity contribution in [1.82, 2.24) is 5.32 Å². The van der Waals surface area contributed by atoms with Crippen LogP contribution in [0.4, 0.5) is 4.79 Å². The van der Waals surface area contributed by atoms with Crippen molar-refractivity contribution >= 4 is 6.09 Å². The van der Waals surface area contributed by atoms with Gasteiger partial charge in [-0.05, 0) is 13.3 Å². The summed E-state index contributed by atoms with van der Waals surface area (Å²) in [5.41, 5.74) is 0. The van der Waals surface area contributed by atoms with Gasteiger partial charge >= 0.3 is 6.09 Å². The first-order chi connectivity index (χ1) is 5.20. The third kappa shape index (κ3) is 5.66. The molecule has 2 N–H and O–H groups in total. The Morgan fingerprint density at radius 1 is 1.64 bits per heavy atom. The fourth-order valence-corrected chi connectivity index (χ4v) is 0.528. The minimum atomic E-state index is -0.473. The molecule has 0 rings (SSSR count). The van der Waals surface area contributed by atoms with Crippen molar-refractivity contribution in [2.24, 2.45) is 0 Å². The second-order valence-corrected chi connectivity index (χ2v) is 2.16. The molecule has 0 aromatic rings. The first-order valence-electron chi connectivity index (χ1n) is 3.79. The number of carbonyl (C=O) groups excluding carboxylic acids is 1. The molecule has 0 fully saturated rings. The lowest BCUT2D eigenvalue weighted by molar-refractivity contribution is 0.133. The molecule has 0 aliphatic rings. The highest BCUT2D eigenvalue weighted by Crippen LogP contribution is 1.86. The molecule has 1 amide bonds. The summed E-state index contributed by atoms with van der Waals surface area (Å²) >= 11 is 0. The zero-order valence-electron chi connectivity index (χ0n) is 6.96. The molecular formula is C7H15NO3. The third-order valence-electron chi connectivity index (χ3n) is 1.23. The monoisotopic (exact) mass is 161 g/mol. The number of aliphatic hydroxyl groups excluding tert-OH is 1. The first-order valence-corrected chi connectivity index (χ1v) is 3.79. The Hall–Kier alpha value is -0.770. The molecule has 66 valence electrons. The Labute approximate surface area is 66.5 Å². The summed E-state index contributed by atoms with van der Waals surface area (Å²) in [6, 6.07) is 0. The zero-order valence-corrected chi connectivity index (χ0v) is 6.96. The van der Waals surface area contributed by atoms with Crippen LogP contribution in [0.3, 0.4) is 0 Å². The number of ether oxygens (including phenoxy) is 1. The van der Waals surface area contributed by atoms with Gasteiger partial charge in [0.05, 0.1) is 12.7 Å². The van der Waals surface area contributed by atoms with Gasteiger partial charge in [0.25, 0.3) is 0 Å². The molecule has 0 aliphatic carbocycles. The molecule has 0 spiro atoms. The number of hydrogen-bond acceptors (Lipinski definition) is 3. The summed E-state index contributed by atoms with van der Waals surface area (Å²) < 4.78 is 4.58. The Morgan fingerprint density at radius 3 is 2.73 bits per heavy atom. The summed E-state index contributed by atoms with van der Waals surface area (Å²) in [6.07, 6.45) is -0.314. The summed E-state index contributed by atoms with van der Waals surface area (Å²) in [7, 11) is 0. The maximum Gasteiger partial charge on any atom is 0.407 e. The number of alkyl carbamates (subject to hydrolysis) is 1. The molecule has 0 radical (unpaired) electrons. The van der Waals surface area contributed by atoms with Crippen LogP contribution in [-0.4, -0.2) is 30.5 Å². The van der Waals surface area contributed by atoms with Gasteiger partial charge in [0.2, 0.25) is 0 Å². The van der Waals surface area contributed by atoms with E-state index in [4.69, 9.17) is 5.11 Å². The lowest BCUT2D eigenvalue weighted by Crippen LogP contribution is -2.32. The number of rotatable bonds is 4. The second kappa shape index (κ2) is 5.97. The maximum absolute atomic E-state index is 10.6. The topological polar surface area (TPSA) is 58.6 Å². The molecule has 0 aromatic heterocycles. The van der Waals surface area contributed by atoms with Crippen LogP contribution in [0.25, 0.3) is 0 Å². The van der Waals surface area contributed by atoms with E-state index in [1.54, 1.807) is 6.92 Å². The molecule has 0 saturated heterocycles. The van der Waals surface area contributed by atoms with E-state index >= 15 is 0 Å². The van der Waals surface area contributed by atoms with Crippen LogP contribution in [0.2, 0.25) is 0 Å². The highest BCUT2D eigenvalue weighted by atomic mass is 16.5. The van der Waals surface area contributed by atoms with Gasteiger partial charge in [-0.3, -0.25) is 0 Å². The predicted molar refractivity (Wildman–Crippen MR) is 41.3 cm³/mol. The van der Waals surface area contributed by atoms with Gasteiger partial charge in [-0.15, -0.1) is 0 Å². The number of amides is 1. The van der Waals surface area contributed by atoms with Crippen molar-refractivity contribution in [2.75, 3.05) is 13.2 Å². The van der Waals surface area contributed by atoms with Crippen LogP contribution in [0, 0.1) is 0 Å². The van der Waals surface area contributed by atoms with Crippen LogP contribution >= 0.6 is 0 Å². The molecule has 1 atom stereocenters. The quantitative estimate of drug-likeness (QED) is 0.631. The molecule has 4 heteroatoms. The summed E-state index contributed by atoms with van der Waals surface area (Å²) in [6.45, 7) is 4.19. The summed E-state index contributed by atoms with van der Waals surface area (Å²) in [4.78, 5) is 10.6. The number of carbonyl (C=O) groups is 1. The highest BCUT2D eigenvalue weighted by molar-refractivity contribution is 5.67. The highest BCUT2D eigenvalue weighted by Gasteiger charge is 2.03. The number of aliphatic hydroxyl groups is 1. The van der Waals surface area contributed by atoms with E-state index in [1.165, 1.54) is 0 Å². The van der Waals surface area contributed by atoms with E-state index in [2.05, 4.69) is 10.1 Å². The van der Waals surface area contributed by atoms with E-state index in [9.17, 15) is 4.79 Å². The van der Waals surface area contributed by atoms with Crippen molar-refractivity contribution < 1.29 is 14.6 Å². The first kappa shape index (κ1) is 10.2. The Morgan fingerprint density at radius 2 is 2.27 bits per heavy atom. The van der Waals surface area contributed by atoms with Gasteiger partial charge in [-0.2, -0.15) is 0 Å². The minimum absolute atomic E-state index is 0.259. The van der Waals surface area contributed by atoms with Crippen LogP contribution in [0.15, 0.2) is 0 Å². The van der Waals surface area contributed by atoms with E-state index in [0.29, 0.717) is 13.0 Å². The molecule has 0 saturated carbocycles. The summed E-state index contributed by atoms with van der Waals surface area (Å²) in [5.74, 6) is 0. The van der Waals surface area contributed by atoms with Gasteiger partial charge in [0.15, 0.2) is 0 Å². The van der Waals surface area contributed by atoms with Crippen LogP contribution in [-0.2, 0) is 4.74 Å². The van der Waals surface area contributed by atoms with Crippen LogP contribution in [0.5, 0.6) is 0 Å². The molecule has 11 heavy (non-hydrogen) atoms. The lowest BCUT2D eigenvalue weighted by atomic mass is 10.3. The van der Waals surface area contributed by atoms with E-state index < -0.39 is 12.2 Å². The fraction of sp³-hybridized carbons (Fsp3) is 0.857. The van der Waals surface area contributed by atoms with Gasteiger partial charge in [-0.25, -0.2) is 4.79 Å². The standard InChI is InChI=1S/C7H15NO3/c1-3-6(9)5-8-7(10)11-4-2/h6,9H,3-5H2,1-2H3,(H,8,10). The van der Waals surface area contributed by atoms with Crippen LogP contribution in [0.1, 0.15) is 20.3 Å². The Bertz CT molecular complexity index is 116. The predicted octanol–water partition coefficient (Wildman–Crippen LogP) is 0.503. The molecule has 0 aliphatic heterocycles. The smallest absolute Gasteiger partial charge is 0.407 e. The van der Waals surface area contributed by atoms with Crippen molar-refractivity contribution in [2.45, 2.75) is 26.4 Å². The minimum Gasteiger partial charge on any atom is -0.450 e. The van der Waals surface area contributed by atoms with Crippen molar-refractivity contribution in [1.29, 1.82) is 0 Å². The van der Waals surface area contributed by atoms with Crippen LogP contribution < -0.4 is 5.32 Å². The van der Waals surface area contributed by atoms with E-state index in [0.717, 1.165) is 0 Å². The van der Waals surface area contributed by atoms with Gasteiger partial charge in [-0.1, -0.05) is 6.92 Å². The SMILES string of the molecule is CCOC(=O)NCC(O)CC. The van der Waals surface area contributed by atoms with Crippen molar-refractivity contribution in [3.8, 4) is 0 Å². The van der Waals surface area contributed by atoms with Gasteiger partial charge in [0.1, 0.15) is 0 Å². The second-order valence-electron chi connectivity index (χ2n) is 2.16. The average molecular weight is 161 g/mol. The Kier molecular flexibility index (Phi) is 5.56. The molecule has 1 unspecified atom stereocenters. The molecule has 0 heterocycles. The fourth-order valence-electron chi connectivity index (χ4n) is 0.528. The molecule has 4 nitrogen and oxygen atoms in total. The normalized spacial score (nSPS) is 12.3. The molecule has 0 aromatic carbocycles. The molecule has 0 bridgehead atoms. The van der Waals surface area contributed by atoms with E-state index in [1.807, 2.05) is 6.92 Å². The average Bonchev–Trinajstić information content (AvgIpc) is 2.01. The third-order valence-corrected chi connectivity index (χ3v) is 1.23. The summed E-state index contributed by atoms with van der Waals surface area (Å²) in [5, 5.41) is 11.4. The zero-order chi connectivity index (χ0) is 8.69. The maximum atomic E-state index is 10.6. The van der Waals surface area contributed by atoms with Crippen molar-refractivity contribution in [3.63, 3.8) is 0 Å². The Balaban J connectivity index is 3.30. The van der Waals surface area contributed by atoms with Gasteiger partial charge < -0.3 is 15.2 Å². The molecular weight excluding hydrogens is 146 g/mol. The number of hydrogen-bond donors (Lipinski definition) is 2. The number of nitrogens with one attached hydrogen (secondary N) is 1.